The molecule has 0 saturated carbocycles. The molecule has 0 aliphatic carbocycles. The van der Waals surface area contributed by atoms with Crippen LogP contribution in [-0.4, -0.2) is 28.0 Å². The standard InChI is InChI=1S/C15H21N3O3/c1-9(2)21-11(4)14-16-17-15(19)18(14)13-7-6-12(20-5)8-10(13)3/h6-9,11H,1-5H3,(H,17,19). The Morgan fingerprint density at radius 3 is 2.57 bits per heavy atom. The lowest BCUT2D eigenvalue weighted by molar-refractivity contribution is 0.0118. The molecular formula is C15H21N3O3. The molecular weight excluding hydrogens is 270 g/mol. The summed E-state index contributed by atoms with van der Waals surface area (Å²) in [5.41, 5.74) is 1.41. The van der Waals surface area contributed by atoms with Crippen LogP contribution in [0.3, 0.4) is 0 Å². The maximum Gasteiger partial charge on any atom is 0.348 e. The summed E-state index contributed by atoms with van der Waals surface area (Å²) in [4.78, 5) is 12.1. The number of rotatable bonds is 5. The van der Waals surface area contributed by atoms with Gasteiger partial charge in [-0.15, -0.1) is 0 Å². The molecule has 0 aliphatic heterocycles. The van der Waals surface area contributed by atoms with Crippen LogP contribution in [0.2, 0.25) is 0 Å². The minimum atomic E-state index is -0.287. The number of aromatic nitrogens is 3. The Hall–Kier alpha value is -2.08. The number of nitrogens with zero attached hydrogens (tertiary/aromatic N) is 2. The molecule has 1 aromatic heterocycles. The van der Waals surface area contributed by atoms with Crippen molar-refractivity contribution in [3.63, 3.8) is 0 Å². The van der Waals surface area contributed by atoms with Gasteiger partial charge in [0.05, 0.1) is 18.9 Å². The first-order chi connectivity index (χ1) is 9.93. The van der Waals surface area contributed by atoms with E-state index in [1.54, 1.807) is 11.7 Å². The van der Waals surface area contributed by atoms with Gasteiger partial charge in [0.25, 0.3) is 0 Å². The maximum absolute atomic E-state index is 12.1. The Morgan fingerprint density at radius 1 is 1.29 bits per heavy atom. The minimum Gasteiger partial charge on any atom is -0.497 e. The van der Waals surface area contributed by atoms with Crippen molar-refractivity contribution in [1.29, 1.82) is 0 Å². The molecule has 2 rings (SSSR count). The highest BCUT2D eigenvalue weighted by atomic mass is 16.5. The number of ether oxygens (including phenoxy) is 2. The topological polar surface area (TPSA) is 69.1 Å². The molecule has 2 aromatic rings. The van der Waals surface area contributed by atoms with Gasteiger partial charge in [-0.1, -0.05) is 0 Å². The first-order valence-electron chi connectivity index (χ1n) is 6.91. The van der Waals surface area contributed by atoms with Crippen molar-refractivity contribution in [2.75, 3.05) is 7.11 Å². The second-order valence-corrected chi connectivity index (χ2v) is 5.20. The van der Waals surface area contributed by atoms with Gasteiger partial charge >= 0.3 is 5.69 Å². The number of methoxy groups -OCH3 is 1. The van der Waals surface area contributed by atoms with Crippen LogP contribution in [0.5, 0.6) is 5.75 Å². The SMILES string of the molecule is COc1ccc(-n2c(C(C)OC(C)C)n[nH]c2=O)c(C)c1. The molecule has 0 bridgehead atoms. The first-order valence-corrected chi connectivity index (χ1v) is 6.91. The molecule has 0 aliphatic rings. The van der Waals surface area contributed by atoms with Gasteiger partial charge in [-0.25, -0.2) is 14.5 Å². The Morgan fingerprint density at radius 2 is 2.00 bits per heavy atom. The summed E-state index contributed by atoms with van der Waals surface area (Å²) in [5, 5.41) is 6.59. The van der Waals surface area contributed by atoms with Gasteiger partial charge in [0.1, 0.15) is 11.9 Å². The molecule has 1 heterocycles. The van der Waals surface area contributed by atoms with Crippen molar-refractivity contribution in [2.24, 2.45) is 0 Å². The molecule has 1 N–H and O–H groups in total. The monoisotopic (exact) mass is 291 g/mol. The van der Waals surface area contributed by atoms with E-state index in [4.69, 9.17) is 9.47 Å². The van der Waals surface area contributed by atoms with Gasteiger partial charge in [-0.05, 0) is 51.5 Å². The fraction of sp³-hybridized carbons (Fsp3) is 0.467. The minimum absolute atomic E-state index is 0.0530. The van der Waals surface area contributed by atoms with Crippen LogP contribution in [0.15, 0.2) is 23.0 Å². The van der Waals surface area contributed by atoms with Crippen LogP contribution in [0.4, 0.5) is 0 Å². The second kappa shape index (κ2) is 6.13. The lowest BCUT2D eigenvalue weighted by Crippen LogP contribution is -2.20. The number of aryl methyl sites for hydroxylation is 1. The van der Waals surface area contributed by atoms with Gasteiger partial charge in [0.2, 0.25) is 0 Å². The summed E-state index contributed by atoms with van der Waals surface area (Å²) in [5.74, 6) is 1.31. The summed E-state index contributed by atoms with van der Waals surface area (Å²) >= 11 is 0. The van der Waals surface area contributed by atoms with Crippen LogP contribution in [-0.2, 0) is 4.74 Å². The zero-order valence-corrected chi connectivity index (χ0v) is 13.0. The van der Waals surface area contributed by atoms with Crippen molar-refractivity contribution < 1.29 is 9.47 Å². The highest BCUT2D eigenvalue weighted by molar-refractivity contribution is 5.45. The number of aromatic amines is 1. The van der Waals surface area contributed by atoms with Crippen molar-refractivity contribution >= 4 is 0 Å². The van der Waals surface area contributed by atoms with Crippen molar-refractivity contribution in [2.45, 2.75) is 39.9 Å². The molecule has 0 radical (unpaired) electrons. The Kier molecular flexibility index (Phi) is 4.47. The van der Waals surface area contributed by atoms with Crippen LogP contribution in [0.25, 0.3) is 5.69 Å². The van der Waals surface area contributed by atoms with Crippen molar-refractivity contribution in [3.05, 3.63) is 40.1 Å². The summed E-state index contributed by atoms with van der Waals surface area (Å²) in [6.07, 6.45) is -0.234. The quantitative estimate of drug-likeness (QED) is 0.918. The van der Waals surface area contributed by atoms with Crippen LogP contribution < -0.4 is 10.4 Å². The largest absolute Gasteiger partial charge is 0.497 e. The van der Waals surface area contributed by atoms with E-state index in [2.05, 4.69) is 10.2 Å². The van der Waals surface area contributed by atoms with Gasteiger partial charge in [0.15, 0.2) is 5.82 Å². The summed E-state index contributed by atoms with van der Waals surface area (Å²) < 4.78 is 12.5. The molecule has 6 heteroatoms. The number of nitrogens with one attached hydrogen (secondary N) is 1. The van der Waals surface area contributed by atoms with E-state index in [0.29, 0.717) is 5.82 Å². The van der Waals surface area contributed by atoms with E-state index in [9.17, 15) is 4.79 Å². The van der Waals surface area contributed by atoms with Crippen LogP contribution in [0.1, 0.15) is 38.3 Å². The average molecular weight is 291 g/mol. The molecule has 0 saturated heterocycles. The van der Waals surface area contributed by atoms with E-state index in [1.807, 2.05) is 45.9 Å². The van der Waals surface area contributed by atoms with Crippen molar-refractivity contribution in [1.82, 2.24) is 14.8 Å². The molecule has 0 spiro atoms. The fourth-order valence-corrected chi connectivity index (χ4v) is 2.29. The summed E-state index contributed by atoms with van der Waals surface area (Å²) in [7, 11) is 1.61. The second-order valence-electron chi connectivity index (χ2n) is 5.20. The number of hydrogen-bond donors (Lipinski definition) is 1. The molecule has 6 nitrogen and oxygen atoms in total. The number of H-pyrrole nitrogens is 1. The zero-order chi connectivity index (χ0) is 15.6. The van der Waals surface area contributed by atoms with Crippen LogP contribution >= 0.6 is 0 Å². The van der Waals surface area contributed by atoms with Crippen molar-refractivity contribution in [3.8, 4) is 11.4 Å². The number of hydrogen-bond acceptors (Lipinski definition) is 4. The molecule has 1 unspecified atom stereocenters. The predicted molar refractivity (Wildman–Crippen MR) is 80.1 cm³/mol. The highest BCUT2D eigenvalue weighted by Gasteiger charge is 2.19. The Balaban J connectivity index is 2.49. The fourth-order valence-electron chi connectivity index (χ4n) is 2.29. The molecule has 114 valence electrons. The molecule has 0 fully saturated rings. The third kappa shape index (κ3) is 3.16. The van der Waals surface area contributed by atoms with Gasteiger partial charge in [-0.2, -0.15) is 5.10 Å². The first kappa shape index (κ1) is 15.3. The lowest BCUT2D eigenvalue weighted by atomic mass is 10.2. The third-order valence-corrected chi connectivity index (χ3v) is 3.18. The summed E-state index contributed by atoms with van der Waals surface area (Å²) in [6, 6.07) is 5.54. The highest BCUT2D eigenvalue weighted by Crippen LogP contribution is 2.23. The van der Waals surface area contributed by atoms with Gasteiger partial charge in [-0.3, -0.25) is 0 Å². The van der Waals surface area contributed by atoms with E-state index < -0.39 is 0 Å². The van der Waals surface area contributed by atoms with E-state index in [1.165, 1.54) is 0 Å². The maximum atomic E-state index is 12.1. The van der Waals surface area contributed by atoms with Gasteiger partial charge < -0.3 is 9.47 Å². The summed E-state index contributed by atoms with van der Waals surface area (Å²) in [6.45, 7) is 7.70. The van der Waals surface area contributed by atoms with E-state index in [0.717, 1.165) is 17.0 Å². The molecule has 1 aromatic carbocycles. The molecule has 1 atom stereocenters. The third-order valence-electron chi connectivity index (χ3n) is 3.18. The average Bonchev–Trinajstić information content (AvgIpc) is 2.79. The predicted octanol–water partition coefficient (Wildman–Crippen LogP) is 2.36. The molecule has 21 heavy (non-hydrogen) atoms. The lowest BCUT2D eigenvalue weighted by Gasteiger charge is -2.17. The van der Waals surface area contributed by atoms with E-state index in [-0.39, 0.29) is 17.9 Å². The van der Waals surface area contributed by atoms with E-state index >= 15 is 0 Å². The van der Waals surface area contributed by atoms with Crippen LogP contribution in [0, 0.1) is 6.92 Å². The van der Waals surface area contributed by atoms with Gasteiger partial charge in [0, 0.05) is 0 Å². The smallest absolute Gasteiger partial charge is 0.348 e. The normalized spacial score (nSPS) is 12.7. The molecule has 0 amide bonds. The zero-order valence-electron chi connectivity index (χ0n) is 13.0. The Bertz CT molecular complexity index is 673. The Labute approximate surface area is 123 Å². The number of benzene rings is 1.